The zero-order valence-electron chi connectivity index (χ0n) is 14.2. The predicted molar refractivity (Wildman–Crippen MR) is 93.9 cm³/mol. The molecule has 0 aromatic heterocycles. The van der Waals surface area contributed by atoms with Crippen LogP contribution in [-0.2, 0) is 15.1 Å². The molecule has 2 saturated heterocycles. The lowest BCUT2D eigenvalue weighted by Gasteiger charge is -2.30. The van der Waals surface area contributed by atoms with E-state index in [2.05, 4.69) is 10.2 Å². The molecule has 130 valence electrons. The molecule has 2 aromatic rings. The minimum absolute atomic E-state index is 0.208. The molecule has 1 N–H and O–H groups in total. The van der Waals surface area contributed by atoms with Crippen LogP contribution in [0.2, 0.25) is 0 Å². The largest absolute Gasteiger partial charge is 0.379 e. The summed E-state index contributed by atoms with van der Waals surface area (Å²) in [6.45, 7) is 4.79. The fourth-order valence-corrected chi connectivity index (χ4v) is 3.61. The van der Waals surface area contributed by atoms with E-state index in [4.69, 9.17) is 4.74 Å². The quantitative estimate of drug-likeness (QED) is 0.868. The fourth-order valence-electron chi connectivity index (χ4n) is 3.61. The number of morpholine rings is 1. The van der Waals surface area contributed by atoms with Crippen molar-refractivity contribution in [1.82, 2.24) is 15.1 Å². The van der Waals surface area contributed by atoms with Crippen LogP contribution < -0.4 is 5.32 Å². The number of imide groups is 1. The summed E-state index contributed by atoms with van der Waals surface area (Å²) in [6.07, 6.45) is 0. The maximum absolute atomic E-state index is 13.1. The summed E-state index contributed by atoms with van der Waals surface area (Å²) in [4.78, 5) is 29.0. The highest BCUT2D eigenvalue weighted by Crippen LogP contribution is 2.33. The number of nitrogens with zero attached hydrogens (tertiary/aromatic N) is 2. The number of hydrogen-bond donors (Lipinski definition) is 1. The summed E-state index contributed by atoms with van der Waals surface area (Å²) in [6, 6.07) is 13.4. The average Bonchev–Trinajstić information content (AvgIpc) is 2.86. The van der Waals surface area contributed by atoms with Crippen LogP contribution in [0, 0.1) is 0 Å². The van der Waals surface area contributed by atoms with Crippen molar-refractivity contribution in [2.45, 2.75) is 12.5 Å². The molecule has 2 aliphatic rings. The van der Waals surface area contributed by atoms with E-state index in [1.807, 2.05) is 42.5 Å². The maximum atomic E-state index is 13.1. The van der Waals surface area contributed by atoms with Gasteiger partial charge < -0.3 is 10.1 Å². The molecule has 4 rings (SSSR count). The van der Waals surface area contributed by atoms with Gasteiger partial charge in [-0.3, -0.25) is 9.69 Å². The van der Waals surface area contributed by atoms with Crippen molar-refractivity contribution in [3.05, 3.63) is 48.0 Å². The maximum Gasteiger partial charge on any atom is 0.326 e. The van der Waals surface area contributed by atoms with Gasteiger partial charge in [-0.15, -0.1) is 0 Å². The summed E-state index contributed by atoms with van der Waals surface area (Å²) >= 11 is 0. The minimum Gasteiger partial charge on any atom is -0.379 e. The highest BCUT2D eigenvalue weighted by molar-refractivity contribution is 6.09. The average molecular weight is 339 g/mol. The molecule has 2 heterocycles. The van der Waals surface area contributed by atoms with Crippen LogP contribution in [0.1, 0.15) is 12.5 Å². The van der Waals surface area contributed by atoms with E-state index in [1.165, 1.54) is 4.90 Å². The molecule has 2 fully saturated rings. The van der Waals surface area contributed by atoms with E-state index in [0.717, 1.165) is 29.4 Å². The third-order valence-electron chi connectivity index (χ3n) is 5.05. The van der Waals surface area contributed by atoms with E-state index >= 15 is 0 Å². The highest BCUT2D eigenvalue weighted by atomic mass is 16.5. The molecule has 25 heavy (non-hydrogen) atoms. The number of urea groups is 1. The topological polar surface area (TPSA) is 61.9 Å². The molecule has 0 unspecified atom stereocenters. The van der Waals surface area contributed by atoms with E-state index < -0.39 is 5.54 Å². The first kappa shape index (κ1) is 16.1. The normalized spacial score (nSPS) is 24.8. The summed E-state index contributed by atoms with van der Waals surface area (Å²) in [7, 11) is 0. The van der Waals surface area contributed by atoms with Crippen LogP contribution in [0.15, 0.2) is 42.5 Å². The number of carbonyl (C=O) groups is 2. The molecule has 6 nitrogen and oxygen atoms in total. The van der Waals surface area contributed by atoms with Gasteiger partial charge in [0.15, 0.2) is 0 Å². The van der Waals surface area contributed by atoms with Crippen molar-refractivity contribution in [2.75, 3.05) is 33.0 Å². The summed E-state index contributed by atoms with van der Waals surface area (Å²) in [5, 5.41) is 4.94. The lowest BCUT2D eigenvalue weighted by molar-refractivity contribution is -0.133. The van der Waals surface area contributed by atoms with Crippen molar-refractivity contribution >= 4 is 22.7 Å². The number of carbonyl (C=O) groups excluding carboxylic acids is 2. The van der Waals surface area contributed by atoms with Crippen LogP contribution in [0.4, 0.5) is 4.79 Å². The number of amides is 3. The van der Waals surface area contributed by atoms with Crippen LogP contribution in [0.3, 0.4) is 0 Å². The number of nitrogens with one attached hydrogen (secondary N) is 1. The molecule has 0 aliphatic carbocycles. The Morgan fingerprint density at radius 1 is 1.08 bits per heavy atom. The molecule has 1 atom stereocenters. The summed E-state index contributed by atoms with van der Waals surface area (Å²) in [5.74, 6) is -0.208. The first-order valence-corrected chi connectivity index (χ1v) is 8.52. The Morgan fingerprint density at radius 2 is 1.80 bits per heavy atom. The van der Waals surface area contributed by atoms with Crippen LogP contribution in [0.25, 0.3) is 10.8 Å². The van der Waals surface area contributed by atoms with Gasteiger partial charge in [0.2, 0.25) is 0 Å². The van der Waals surface area contributed by atoms with E-state index in [0.29, 0.717) is 19.9 Å². The Balaban J connectivity index is 1.67. The lowest BCUT2D eigenvalue weighted by Crippen LogP contribution is -2.47. The molecular weight excluding hydrogens is 318 g/mol. The number of ether oxygens (including phenoxy) is 1. The lowest BCUT2D eigenvalue weighted by atomic mass is 9.88. The third-order valence-corrected chi connectivity index (χ3v) is 5.05. The van der Waals surface area contributed by atoms with Crippen molar-refractivity contribution in [1.29, 1.82) is 0 Å². The van der Waals surface area contributed by atoms with Crippen molar-refractivity contribution in [3.63, 3.8) is 0 Å². The minimum atomic E-state index is -1.05. The van der Waals surface area contributed by atoms with Gasteiger partial charge in [-0.2, -0.15) is 0 Å². The van der Waals surface area contributed by atoms with Crippen LogP contribution in [0.5, 0.6) is 0 Å². The molecule has 0 bridgehead atoms. The molecule has 6 heteroatoms. The first-order valence-electron chi connectivity index (χ1n) is 8.52. The Bertz CT molecular complexity index is 826. The van der Waals surface area contributed by atoms with Crippen molar-refractivity contribution < 1.29 is 14.3 Å². The second-order valence-corrected chi connectivity index (χ2v) is 6.69. The Morgan fingerprint density at radius 3 is 2.60 bits per heavy atom. The van der Waals surface area contributed by atoms with Crippen LogP contribution in [-0.4, -0.2) is 54.7 Å². The zero-order valence-corrected chi connectivity index (χ0v) is 14.2. The van der Waals surface area contributed by atoms with Gasteiger partial charge >= 0.3 is 6.03 Å². The monoisotopic (exact) mass is 339 g/mol. The number of fused-ring (bicyclic) bond motifs is 1. The molecule has 3 amide bonds. The first-order chi connectivity index (χ1) is 12.1. The molecule has 0 spiro atoms. The van der Waals surface area contributed by atoms with Gasteiger partial charge in [-0.05, 0) is 23.3 Å². The molecule has 0 radical (unpaired) electrons. The molecule has 0 saturated carbocycles. The van der Waals surface area contributed by atoms with Gasteiger partial charge in [-0.1, -0.05) is 42.5 Å². The Labute approximate surface area is 146 Å². The molecule has 2 aliphatic heterocycles. The summed E-state index contributed by atoms with van der Waals surface area (Å²) < 4.78 is 5.33. The Kier molecular flexibility index (Phi) is 3.94. The number of hydrogen-bond acceptors (Lipinski definition) is 4. The van der Waals surface area contributed by atoms with E-state index in [-0.39, 0.29) is 11.9 Å². The number of benzene rings is 2. The highest BCUT2D eigenvalue weighted by Gasteiger charge is 2.49. The van der Waals surface area contributed by atoms with Gasteiger partial charge in [0.1, 0.15) is 5.54 Å². The van der Waals surface area contributed by atoms with Gasteiger partial charge in [0.25, 0.3) is 5.91 Å². The zero-order chi connectivity index (χ0) is 17.4. The number of rotatable bonds is 3. The van der Waals surface area contributed by atoms with Crippen molar-refractivity contribution in [3.8, 4) is 0 Å². The second kappa shape index (κ2) is 6.13. The predicted octanol–water partition coefficient (Wildman–Crippen LogP) is 1.90. The van der Waals surface area contributed by atoms with Gasteiger partial charge in [0.05, 0.1) is 19.9 Å². The third kappa shape index (κ3) is 2.67. The standard InChI is InChI=1S/C19H21N3O3/c1-19(16-8-4-6-14-5-2-3-7-15(14)16)17(23)22(18(24)20-19)13-21-9-11-25-12-10-21/h2-8H,9-13H2,1H3,(H,20,24)/t19-/m1/s1. The summed E-state index contributed by atoms with van der Waals surface area (Å²) in [5.41, 5.74) is -0.224. The molecular formula is C19H21N3O3. The van der Waals surface area contributed by atoms with Gasteiger partial charge in [-0.25, -0.2) is 9.69 Å². The smallest absolute Gasteiger partial charge is 0.326 e. The molecule has 2 aromatic carbocycles. The Hall–Kier alpha value is -2.44. The fraction of sp³-hybridized carbons (Fsp3) is 0.368. The van der Waals surface area contributed by atoms with Crippen molar-refractivity contribution in [2.24, 2.45) is 0 Å². The second-order valence-electron chi connectivity index (χ2n) is 6.69. The van der Waals surface area contributed by atoms with Crippen LogP contribution >= 0.6 is 0 Å². The van der Waals surface area contributed by atoms with E-state index in [1.54, 1.807) is 6.92 Å². The SMILES string of the molecule is C[C@]1(c2cccc3ccccc23)NC(=O)N(CN2CCOCC2)C1=O. The van der Waals surface area contributed by atoms with Gasteiger partial charge in [0, 0.05) is 13.1 Å². The van der Waals surface area contributed by atoms with E-state index in [9.17, 15) is 9.59 Å².